The van der Waals surface area contributed by atoms with E-state index >= 15 is 0 Å². The van der Waals surface area contributed by atoms with Gasteiger partial charge >= 0.3 is 18.1 Å². The number of rotatable bonds is 4. The van der Waals surface area contributed by atoms with Crippen LogP contribution in [0.5, 0.6) is 6.08 Å². The molecule has 1 aromatic heterocycles. The first-order valence-electron chi connectivity index (χ1n) is 14.6. The minimum atomic E-state index is -1.44. The van der Waals surface area contributed by atoms with Crippen LogP contribution in [0.25, 0.3) is 11.1 Å². The van der Waals surface area contributed by atoms with Gasteiger partial charge in [-0.05, 0) is 64.7 Å². The summed E-state index contributed by atoms with van der Waals surface area (Å²) in [6.07, 6.45) is 6.01. The largest absolute Gasteiger partial charge is 0.479 e. The second kappa shape index (κ2) is 12.1. The molecular weight excluding hydrogens is 580 g/mol. The predicted octanol–water partition coefficient (Wildman–Crippen LogP) is 4.20. The Morgan fingerprint density at radius 3 is 2.77 bits per heavy atom. The lowest BCUT2D eigenvalue weighted by molar-refractivity contribution is -0.145. The SMILES string of the molecule is CC(C)(C)OC(=O)N[C@H]1CCCCC/C=C\[C@H]2C[C@@]2(C(=O)O)NC(=O)[C@@H]2C[C@@H](Oc3nc4cc(Cl)ccc4o3)CN2C1=O. The molecule has 3 N–H and O–H groups in total. The van der Waals surface area contributed by atoms with E-state index < -0.39 is 53.2 Å². The van der Waals surface area contributed by atoms with Gasteiger partial charge in [0, 0.05) is 17.4 Å². The molecule has 0 unspecified atom stereocenters. The number of aromatic nitrogens is 1. The molecule has 13 heteroatoms. The van der Waals surface area contributed by atoms with Crippen molar-refractivity contribution in [1.82, 2.24) is 20.5 Å². The van der Waals surface area contributed by atoms with Gasteiger partial charge in [0.15, 0.2) is 5.58 Å². The predicted molar refractivity (Wildman–Crippen MR) is 156 cm³/mol. The molecule has 0 bridgehead atoms. The molecule has 0 spiro atoms. The maximum atomic E-state index is 14.0. The Hall–Kier alpha value is -3.80. The smallest absolute Gasteiger partial charge is 0.408 e. The topological polar surface area (TPSA) is 160 Å². The number of alkyl carbamates (subject to hydrolysis) is 1. The van der Waals surface area contributed by atoms with Crippen LogP contribution in [0, 0.1) is 5.92 Å². The normalized spacial score (nSPS) is 29.0. The summed E-state index contributed by atoms with van der Waals surface area (Å²) in [6, 6.07) is 2.93. The highest BCUT2D eigenvalue weighted by Gasteiger charge is 2.61. The van der Waals surface area contributed by atoms with Crippen LogP contribution in [0.2, 0.25) is 5.02 Å². The van der Waals surface area contributed by atoms with Gasteiger partial charge in [-0.1, -0.05) is 36.6 Å². The highest BCUT2D eigenvalue weighted by Crippen LogP contribution is 2.45. The van der Waals surface area contributed by atoms with E-state index in [1.165, 1.54) is 4.90 Å². The molecule has 1 aromatic carbocycles. The molecule has 2 aromatic rings. The molecule has 0 radical (unpaired) electrons. The number of carboxylic acid groups (broad SMARTS) is 1. The molecule has 1 aliphatic carbocycles. The number of ether oxygens (including phenoxy) is 2. The van der Waals surface area contributed by atoms with Crippen molar-refractivity contribution >= 4 is 46.6 Å². The van der Waals surface area contributed by atoms with Crippen molar-refractivity contribution in [2.75, 3.05) is 6.54 Å². The quantitative estimate of drug-likeness (QED) is 0.428. The summed E-state index contributed by atoms with van der Waals surface area (Å²) in [4.78, 5) is 58.4. The van der Waals surface area contributed by atoms with Gasteiger partial charge in [-0.15, -0.1) is 0 Å². The van der Waals surface area contributed by atoms with Gasteiger partial charge in [-0.25, -0.2) is 9.59 Å². The van der Waals surface area contributed by atoms with Crippen LogP contribution in [0.15, 0.2) is 34.8 Å². The van der Waals surface area contributed by atoms with E-state index in [-0.39, 0.29) is 31.4 Å². The fraction of sp³-hybridized carbons (Fsp3) is 0.567. The first-order valence-corrected chi connectivity index (χ1v) is 15.0. The number of hydrogen-bond acceptors (Lipinski definition) is 8. The number of carbonyl (C=O) groups excluding carboxylic acids is 3. The van der Waals surface area contributed by atoms with Gasteiger partial charge in [0.1, 0.15) is 34.8 Å². The number of amides is 3. The van der Waals surface area contributed by atoms with E-state index in [1.807, 2.05) is 12.2 Å². The van der Waals surface area contributed by atoms with Gasteiger partial charge in [-0.2, -0.15) is 4.98 Å². The van der Waals surface area contributed by atoms with Gasteiger partial charge < -0.3 is 34.5 Å². The number of carbonyl (C=O) groups is 4. The average molecular weight is 617 g/mol. The molecule has 5 rings (SSSR count). The first-order chi connectivity index (χ1) is 20.3. The van der Waals surface area contributed by atoms with E-state index in [4.69, 9.17) is 25.5 Å². The highest BCUT2D eigenvalue weighted by molar-refractivity contribution is 6.31. The summed E-state index contributed by atoms with van der Waals surface area (Å²) >= 11 is 6.06. The van der Waals surface area contributed by atoms with E-state index in [1.54, 1.807) is 39.0 Å². The van der Waals surface area contributed by atoms with Crippen LogP contribution < -0.4 is 15.4 Å². The number of benzene rings is 1. The molecule has 3 amide bonds. The molecule has 5 atom stereocenters. The Morgan fingerprint density at radius 1 is 1.23 bits per heavy atom. The van der Waals surface area contributed by atoms with Gasteiger partial charge in [0.25, 0.3) is 0 Å². The second-order valence-electron chi connectivity index (χ2n) is 12.4. The number of hydrogen-bond donors (Lipinski definition) is 3. The lowest BCUT2D eigenvalue weighted by Gasteiger charge is -2.30. The monoisotopic (exact) mass is 616 g/mol. The summed E-state index contributed by atoms with van der Waals surface area (Å²) in [5, 5.41) is 15.9. The van der Waals surface area contributed by atoms with Crippen LogP contribution in [-0.4, -0.2) is 74.7 Å². The minimum absolute atomic E-state index is 0.00764. The molecular formula is C30H37ClN4O8. The van der Waals surface area contributed by atoms with Crippen LogP contribution in [-0.2, 0) is 19.1 Å². The van der Waals surface area contributed by atoms with E-state index in [9.17, 15) is 24.3 Å². The van der Waals surface area contributed by atoms with Crippen LogP contribution >= 0.6 is 11.6 Å². The van der Waals surface area contributed by atoms with E-state index in [2.05, 4.69) is 15.6 Å². The number of allylic oxidation sites excluding steroid dienone is 1. The fourth-order valence-electron chi connectivity index (χ4n) is 5.67. The van der Waals surface area contributed by atoms with Crippen LogP contribution in [0.1, 0.15) is 65.7 Å². The highest BCUT2D eigenvalue weighted by atomic mass is 35.5. The molecule has 1 saturated heterocycles. The van der Waals surface area contributed by atoms with Crippen molar-refractivity contribution in [3.8, 4) is 6.08 Å². The Labute approximate surface area is 254 Å². The van der Waals surface area contributed by atoms with Crippen molar-refractivity contribution in [3.05, 3.63) is 35.4 Å². The number of oxazole rings is 1. The summed E-state index contributed by atoms with van der Waals surface area (Å²) < 4.78 is 17.1. The number of aliphatic carboxylic acids is 1. The van der Waals surface area contributed by atoms with Crippen molar-refractivity contribution < 1.29 is 38.2 Å². The van der Waals surface area contributed by atoms with Gasteiger partial charge in [0.2, 0.25) is 11.8 Å². The minimum Gasteiger partial charge on any atom is -0.479 e. The zero-order valence-electron chi connectivity index (χ0n) is 24.4. The molecule has 232 valence electrons. The van der Waals surface area contributed by atoms with E-state index in [0.29, 0.717) is 29.0 Å². The Balaban J connectivity index is 1.42. The zero-order chi connectivity index (χ0) is 30.9. The lowest BCUT2D eigenvalue weighted by Crippen LogP contribution is -2.56. The second-order valence-corrected chi connectivity index (χ2v) is 12.9. The number of nitrogens with zero attached hydrogens (tertiary/aromatic N) is 2. The molecule has 43 heavy (non-hydrogen) atoms. The summed E-state index contributed by atoms with van der Waals surface area (Å²) in [5.74, 6) is -2.55. The molecule has 2 aliphatic heterocycles. The average Bonchev–Trinajstić information content (AvgIpc) is 3.23. The third-order valence-corrected chi connectivity index (χ3v) is 8.14. The number of nitrogens with one attached hydrogen (secondary N) is 2. The third-order valence-electron chi connectivity index (χ3n) is 7.91. The summed E-state index contributed by atoms with van der Waals surface area (Å²) in [7, 11) is 0. The molecule has 2 fully saturated rings. The molecule has 12 nitrogen and oxygen atoms in total. The number of carboxylic acids is 1. The first kappa shape index (κ1) is 30.7. The molecule has 3 heterocycles. The van der Waals surface area contributed by atoms with Crippen molar-refractivity contribution in [3.63, 3.8) is 0 Å². The van der Waals surface area contributed by atoms with Crippen molar-refractivity contribution in [1.29, 1.82) is 0 Å². The lowest BCUT2D eigenvalue weighted by atomic mass is 10.0. The van der Waals surface area contributed by atoms with Crippen LogP contribution in [0.4, 0.5) is 4.79 Å². The summed E-state index contributed by atoms with van der Waals surface area (Å²) in [5.41, 5.74) is -1.26. The standard InChI is InChI=1S/C30H37ClN4O8/c1-29(2,3)43-27(40)32-20-10-8-6-4-5-7-9-17-15-30(17,26(38)39)34-24(36)22-14-19(16-35(22)25(20)37)41-28-33-21-13-18(31)11-12-23(21)42-28/h7,9,11-13,17,19-20,22H,4-6,8,10,14-16H2,1-3H3,(H,32,40)(H,34,36)(H,38,39)/b9-7-/t17-,19+,20-,22-,30+/m0/s1. The summed E-state index contributed by atoms with van der Waals surface area (Å²) in [6.45, 7) is 5.17. The van der Waals surface area contributed by atoms with Gasteiger partial charge in [-0.3, -0.25) is 9.59 Å². The maximum Gasteiger partial charge on any atom is 0.408 e. The third kappa shape index (κ3) is 7.06. The maximum absolute atomic E-state index is 14.0. The Kier molecular flexibility index (Phi) is 8.60. The van der Waals surface area contributed by atoms with E-state index in [0.717, 1.165) is 19.3 Å². The number of halogens is 1. The van der Waals surface area contributed by atoms with Crippen molar-refractivity contribution in [2.45, 2.75) is 95.0 Å². The van der Waals surface area contributed by atoms with Gasteiger partial charge in [0.05, 0.1) is 6.54 Å². The zero-order valence-corrected chi connectivity index (χ0v) is 25.2. The molecule has 1 saturated carbocycles. The fourth-order valence-corrected chi connectivity index (χ4v) is 5.84. The Bertz CT molecular complexity index is 1430. The van der Waals surface area contributed by atoms with Crippen molar-refractivity contribution in [2.24, 2.45) is 5.92 Å². The molecule has 3 aliphatic rings. The Morgan fingerprint density at radius 2 is 2.02 bits per heavy atom. The van der Waals surface area contributed by atoms with Crippen LogP contribution in [0.3, 0.4) is 0 Å². The number of fused-ring (bicyclic) bond motifs is 3.